The van der Waals surface area contributed by atoms with Crippen LogP contribution in [-0.2, 0) is 14.4 Å². The zero-order chi connectivity index (χ0) is 34.8. The van der Waals surface area contributed by atoms with Crippen LogP contribution in [0.5, 0.6) is 5.75 Å². The number of amides is 3. The molecule has 4 aromatic rings. The fraction of sp³-hybridized carbons (Fsp3) is 0.366. The number of benzene rings is 4. The maximum atomic E-state index is 15.5. The van der Waals surface area contributed by atoms with E-state index in [0.29, 0.717) is 31.9 Å². The van der Waals surface area contributed by atoms with Gasteiger partial charge in [-0.15, -0.1) is 0 Å². The molecule has 4 aromatic carbocycles. The summed E-state index contributed by atoms with van der Waals surface area (Å²) in [5, 5.41) is 16.5. The number of anilines is 1. The van der Waals surface area contributed by atoms with Crippen LogP contribution in [0.15, 0.2) is 97.1 Å². The van der Waals surface area contributed by atoms with E-state index in [4.69, 9.17) is 0 Å². The van der Waals surface area contributed by atoms with Crippen LogP contribution in [0.3, 0.4) is 0 Å². The molecular weight excluding hydrogens is 628 g/mol. The Hall–Kier alpha value is -5.02. The summed E-state index contributed by atoms with van der Waals surface area (Å²) < 4.78 is 0. The van der Waals surface area contributed by atoms with Crippen molar-refractivity contribution >= 4 is 40.0 Å². The predicted octanol–water partition coefficient (Wildman–Crippen LogP) is 5.53. The fourth-order valence-electron chi connectivity index (χ4n) is 8.31. The smallest absolute Gasteiger partial charge is 0.255 e. The van der Waals surface area contributed by atoms with Crippen molar-refractivity contribution in [3.05, 3.63) is 108 Å². The van der Waals surface area contributed by atoms with Crippen LogP contribution in [0.1, 0.15) is 60.9 Å². The van der Waals surface area contributed by atoms with Gasteiger partial charge in [-0.2, -0.15) is 0 Å². The quantitative estimate of drug-likeness (QED) is 0.188. The van der Waals surface area contributed by atoms with Gasteiger partial charge in [0, 0.05) is 55.0 Å². The number of likely N-dealkylation sites (N-methyl/N-ethyl adjacent to an activating group) is 1. The standard InChI is InChI=1S/C41H44N4O5/c1-2-43-23-25-44(26-24-43)38(48)35-36(33-19-11-12-20-34(33)46)41(37(47)29-14-5-3-6-15-29,40(50)42-31-17-7-4-8-18-31)45(39(35)49)32-22-21-28-13-9-10-16-30(28)27-32/h3,5-6,9-16,19-22,27,31,35-36,46H,2,4,7-8,17-18,23-26H2,1H3,(H,42,50). The minimum Gasteiger partial charge on any atom is -0.508 e. The molecule has 0 radical (unpaired) electrons. The van der Waals surface area contributed by atoms with Gasteiger partial charge in [0.15, 0.2) is 11.3 Å². The fourth-order valence-corrected chi connectivity index (χ4v) is 8.31. The highest BCUT2D eigenvalue weighted by atomic mass is 16.3. The number of para-hydroxylation sites is 1. The molecule has 3 amide bonds. The normalized spacial score (nSPS) is 23.3. The average molecular weight is 673 g/mol. The van der Waals surface area contributed by atoms with E-state index in [0.717, 1.165) is 49.4 Å². The summed E-state index contributed by atoms with van der Waals surface area (Å²) in [5.74, 6) is -5.30. The zero-order valence-electron chi connectivity index (χ0n) is 28.5. The second kappa shape index (κ2) is 14.1. The third-order valence-corrected chi connectivity index (χ3v) is 11.0. The van der Waals surface area contributed by atoms with Crippen LogP contribution in [0, 0.1) is 5.92 Å². The number of Topliss-reactive ketones (excluding diaryl/α,β-unsaturated/α-hetero) is 1. The molecule has 0 spiro atoms. The Labute approximate surface area is 292 Å². The van der Waals surface area contributed by atoms with Gasteiger partial charge in [0.1, 0.15) is 11.7 Å². The van der Waals surface area contributed by atoms with Crippen LogP contribution >= 0.6 is 0 Å². The number of rotatable bonds is 8. The molecule has 0 bridgehead atoms. The number of hydrogen-bond acceptors (Lipinski definition) is 6. The molecule has 3 fully saturated rings. The van der Waals surface area contributed by atoms with Crippen molar-refractivity contribution in [2.45, 2.75) is 56.5 Å². The van der Waals surface area contributed by atoms with E-state index in [1.165, 1.54) is 11.0 Å². The summed E-state index contributed by atoms with van der Waals surface area (Å²) in [6.07, 6.45) is 4.43. The second-order valence-corrected chi connectivity index (χ2v) is 13.7. The summed E-state index contributed by atoms with van der Waals surface area (Å²) in [4.78, 5) is 66.4. The van der Waals surface area contributed by atoms with Gasteiger partial charge in [0.05, 0.1) is 0 Å². The summed E-state index contributed by atoms with van der Waals surface area (Å²) in [7, 11) is 0. The Bertz CT molecular complexity index is 1900. The maximum Gasteiger partial charge on any atom is 0.255 e. The van der Waals surface area contributed by atoms with Gasteiger partial charge in [-0.25, -0.2) is 0 Å². The first-order valence-corrected chi connectivity index (χ1v) is 17.9. The van der Waals surface area contributed by atoms with Crippen LogP contribution < -0.4 is 10.2 Å². The highest BCUT2D eigenvalue weighted by Gasteiger charge is 2.70. The minimum absolute atomic E-state index is 0.185. The lowest BCUT2D eigenvalue weighted by molar-refractivity contribution is -0.141. The largest absolute Gasteiger partial charge is 0.508 e. The Kier molecular flexibility index (Phi) is 9.42. The number of nitrogens with zero attached hydrogens (tertiary/aromatic N) is 3. The molecule has 0 aromatic heterocycles. The van der Waals surface area contributed by atoms with Crippen LogP contribution in [0.4, 0.5) is 5.69 Å². The number of fused-ring (bicyclic) bond motifs is 1. The van der Waals surface area contributed by atoms with Gasteiger partial charge >= 0.3 is 0 Å². The molecule has 9 nitrogen and oxygen atoms in total. The van der Waals surface area contributed by atoms with Gasteiger partial charge in [-0.05, 0) is 48.4 Å². The molecule has 7 rings (SSSR count). The van der Waals surface area contributed by atoms with E-state index >= 15 is 14.4 Å². The number of ketones is 1. The van der Waals surface area contributed by atoms with Crippen molar-refractivity contribution in [3.8, 4) is 5.75 Å². The monoisotopic (exact) mass is 672 g/mol. The maximum absolute atomic E-state index is 15.5. The van der Waals surface area contributed by atoms with Crippen molar-refractivity contribution < 1.29 is 24.3 Å². The summed E-state index contributed by atoms with van der Waals surface area (Å²) in [6, 6.07) is 27.9. The summed E-state index contributed by atoms with van der Waals surface area (Å²) in [5.41, 5.74) is -1.47. The molecule has 9 heteroatoms. The summed E-state index contributed by atoms with van der Waals surface area (Å²) >= 11 is 0. The molecule has 2 heterocycles. The molecule has 3 unspecified atom stereocenters. The van der Waals surface area contributed by atoms with E-state index in [2.05, 4.69) is 17.1 Å². The van der Waals surface area contributed by atoms with Crippen molar-refractivity contribution in [2.24, 2.45) is 5.92 Å². The number of aromatic hydroxyl groups is 1. The molecule has 2 aliphatic heterocycles. The zero-order valence-corrected chi connectivity index (χ0v) is 28.5. The van der Waals surface area contributed by atoms with Crippen molar-refractivity contribution in [2.75, 3.05) is 37.6 Å². The molecule has 1 aliphatic carbocycles. The molecular formula is C41H44N4O5. The molecule has 1 saturated carbocycles. The lowest BCUT2D eigenvalue weighted by Crippen LogP contribution is -2.65. The minimum atomic E-state index is -2.25. The average Bonchev–Trinajstić information content (AvgIpc) is 3.44. The van der Waals surface area contributed by atoms with Crippen LogP contribution in [0.2, 0.25) is 0 Å². The van der Waals surface area contributed by atoms with Crippen molar-refractivity contribution in [3.63, 3.8) is 0 Å². The lowest BCUT2D eigenvalue weighted by Gasteiger charge is -2.41. The first kappa shape index (κ1) is 33.5. The molecule has 2 saturated heterocycles. The number of phenols is 1. The van der Waals surface area contributed by atoms with Gasteiger partial charge in [-0.3, -0.25) is 24.1 Å². The van der Waals surface area contributed by atoms with E-state index in [9.17, 15) is 9.90 Å². The van der Waals surface area contributed by atoms with E-state index in [1.54, 1.807) is 59.5 Å². The Morgan fingerprint density at radius 1 is 0.800 bits per heavy atom. The van der Waals surface area contributed by atoms with Gasteiger partial charge in [0.2, 0.25) is 11.8 Å². The second-order valence-electron chi connectivity index (χ2n) is 13.7. The SMILES string of the molecule is CCN1CCN(C(=O)C2C(=O)N(c3ccc4ccccc4c3)C(C(=O)NC3CCCCC3)(C(=O)c3ccccc3)C2c2ccccc2O)CC1. The van der Waals surface area contributed by atoms with Crippen LogP contribution in [-0.4, -0.2) is 82.7 Å². The van der Waals surface area contributed by atoms with Gasteiger partial charge in [0.25, 0.3) is 5.91 Å². The predicted molar refractivity (Wildman–Crippen MR) is 193 cm³/mol. The number of nitrogens with one attached hydrogen (secondary N) is 1. The number of hydrogen-bond donors (Lipinski definition) is 2. The first-order valence-electron chi connectivity index (χ1n) is 17.9. The van der Waals surface area contributed by atoms with E-state index < -0.39 is 40.9 Å². The van der Waals surface area contributed by atoms with Crippen molar-refractivity contribution in [1.29, 1.82) is 0 Å². The molecule has 50 heavy (non-hydrogen) atoms. The number of phenolic OH excluding ortho intramolecular Hbond substituents is 1. The highest BCUT2D eigenvalue weighted by molar-refractivity contribution is 6.30. The molecule has 258 valence electrons. The molecule has 3 aliphatic rings. The summed E-state index contributed by atoms with van der Waals surface area (Å²) in [6.45, 7) is 5.03. The van der Waals surface area contributed by atoms with E-state index in [1.807, 2.05) is 36.4 Å². The third-order valence-electron chi connectivity index (χ3n) is 11.0. The molecule has 2 N–H and O–H groups in total. The van der Waals surface area contributed by atoms with Gasteiger partial charge in [-0.1, -0.05) is 105 Å². The molecule has 3 atom stereocenters. The Morgan fingerprint density at radius 3 is 2.16 bits per heavy atom. The number of carbonyl (C=O) groups excluding carboxylic acids is 4. The third kappa shape index (κ3) is 5.83. The first-order chi connectivity index (χ1) is 24.3. The van der Waals surface area contributed by atoms with Crippen molar-refractivity contribution in [1.82, 2.24) is 15.1 Å². The lowest BCUT2D eigenvalue weighted by atomic mass is 9.69. The Morgan fingerprint density at radius 2 is 1.46 bits per heavy atom. The van der Waals surface area contributed by atoms with Crippen LogP contribution in [0.25, 0.3) is 10.8 Å². The number of carbonyl (C=O) groups is 4. The van der Waals surface area contributed by atoms with E-state index in [-0.39, 0.29) is 22.9 Å². The number of piperazine rings is 1. The van der Waals surface area contributed by atoms with Gasteiger partial charge < -0.3 is 20.2 Å². The topological polar surface area (TPSA) is 110 Å². The highest BCUT2D eigenvalue weighted by Crippen LogP contribution is 2.53. The Balaban J connectivity index is 1.50.